The van der Waals surface area contributed by atoms with Crippen LogP contribution in [0.4, 0.5) is 0 Å². The molecule has 1 N–H and O–H groups in total. The number of rotatable bonds is 10. The van der Waals surface area contributed by atoms with E-state index in [1.807, 2.05) is 91.2 Å². The van der Waals surface area contributed by atoms with Crippen molar-refractivity contribution < 1.29 is 14.4 Å². The summed E-state index contributed by atoms with van der Waals surface area (Å²) in [6, 6.07) is 18.8. The molecule has 0 spiro atoms. The third-order valence-corrected chi connectivity index (χ3v) is 8.81. The molecule has 2 aliphatic rings. The van der Waals surface area contributed by atoms with Gasteiger partial charge in [0.1, 0.15) is 6.04 Å². The molecule has 2 fully saturated rings. The van der Waals surface area contributed by atoms with Crippen LogP contribution in [0.5, 0.6) is 0 Å². The molecule has 210 valence electrons. The molecular formula is C33H45N3O3. The molecule has 3 amide bonds. The Morgan fingerprint density at radius 1 is 0.923 bits per heavy atom. The normalized spacial score (nSPS) is 19.6. The van der Waals surface area contributed by atoms with Crippen LogP contribution in [-0.4, -0.2) is 59.2 Å². The molecule has 1 aliphatic carbocycles. The Kier molecular flexibility index (Phi) is 10.2. The van der Waals surface area contributed by atoms with Gasteiger partial charge in [-0.05, 0) is 36.3 Å². The van der Waals surface area contributed by atoms with Crippen molar-refractivity contribution in [3.63, 3.8) is 0 Å². The highest BCUT2D eigenvalue weighted by molar-refractivity contribution is 5.92. The Bertz CT molecular complexity index is 1040. The van der Waals surface area contributed by atoms with Gasteiger partial charge in [-0.3, -0.25) is 14.4 Å². The predicted octanol–water partition coefficient (Wildman–Crippen LogP) is 5.38. The number of benzene rings is 2. The topological polar surface area (TPSA) is 69.7 Å². The van der Waals surface area contributed by atoms with E-state index >= 15 is 0 Å². The first-order valence-electron chi connectivity index (χ1n) is 14.9. The summed E-state index contributed by atoms with van der Waals surface area (Å²) >= 11 is 0. The van der Waals surface area contributed by atoms with E-state index in [0.29, 0.717) is 32.0 Å². The van der Waals surface area contributed by atoms with E-state index in [-0.39, 0.29) is 29.7 Å². The van der Waals surface area contributed by atoms with Gasteiger partial charge in [0.05, 0.1) is 5.92 Å². The Balaban J connectivity index is 1.43. The van der Waals surface area contributed by atoms with E-state index in [1.165, 1.54) is 25.7 Å². The number of nitrogens with one attached hydrogen (secondary N) is 1. The maximum absolute atomic E-state index is 13.9. The Morgan fingerprint density at radius 3 is 2.05 bits per heavy atom. The SMILES string of the molecule is CCC(C)C(NC(=O)C(c1ccccc1)c1ccccc1)C(=O)N1CCN(C(=O)CCC2CCCC2)C(C)C1. The van der Waals surface area contributed by atoms with Gasteiger partial charge in [-0.15, -0.1) is 0 Å². The molecule has 6 nitrogen and oxygen atoms in total. The van der Waals surface area contributed by atoms with Crippen LogP contribution < -0.4 is 5.32 Å². The smallest absolute Gasteiger partial charge is 0.245 e. The summed E-state index contributed by atoms with van der Waals surface area (Å²) in [6.07, 6.45) is 7.45. The van der Waals surface area contributed by atoms with Gasteiger partial charge in [-0.25, -0.2) is 0 Å². The number of hydrogen-bond acceptors (Lipinski definition) is 3. The highest BCUT2D eigenvalue weighted by atomic mass is 16.2. The molecule has 6 heteroatoms. The Morgan fingerprint density at radius 2 is 1.51 bits per heavy atom. The van der Waals surface area contributed by atoms with Crippen LogP contribution in [-0.2, 0) is 14.4 Å². The molecule has 2 aromatic carbocycles. The summed E-state index contributed by atoms with van der Waals surface area (Å²) in [5.41, 5.74) is 1.80. The number of hydrogen-bond donors (Lipinski definition) is 1. The molecule has 0 aromatic heterocycles. The van der Waals surface area contributed by atoms with Crippen molar-refractivity contribution in [1.82, 2.24) is 15.1 Å². The van der Waals surface area contributed by atoms with Gasteiger partial charge in [-0.1, -0.05) is 107 Å². The second kappa shape index (κ2) is 13.8. The quantitative estimate of drug-likeness (QED) is 0.448. The summed E-state index contributed by atoms with van der Waals surface area (Å²) in [5, 5.41) is 3.15. The summed E-state index contributed by atoms with van der Waals surface area (Å²) in [5.74, 6) is 0.168. The van der Waals surface area contributed by atoms with Crippen LogP contribution >= 0.6 is 0 Å². The van der Waals surface area contributed by atoms with E-state index in [4.69, 9.17) is 0 Å². The van der Waals surface area contributed by atoms with Crippen LogP contribution in [0.3, 0.4) is 0 Å². The zero-order valence-corrected chi connectivity index (χ0v) is 23.9. The van der Waals surface area contributed by atoms with E-state index < -0.39 is 12.0 Å². The van der Waals surface area contributed by atoms with E-state index in [0.717, 1.165) is 24.0 Å². The monoisotopic (exact) mass is 531 g/mol. The third kappa shape index (κ3) is 7.28. The first kappa shape index (κ1) is 28.8. The largest absolute Gasteiger partial charge is 0.343 e. The number of nitrogens with zero attached hydrogens (tertiary/aromatic N) is 2. The highest BCUT2D eigenvalue weighted by Crippen LogP contribution is 2.29. The van der Waals surface area contributed by atoms with Gasteiger partial charge < -0.3 is 15.1 Å². The second-order valence-electron chi connectivity index (χ2n) is 11.5. The summed E-state index contributed by atoms with van der Waals surface area (Å²) < 4.78 is 0. The molecule has 39 heavy (non-hydrogen) atoms. The Hall–Kier alpha value is -3.15. The maximum Gasteiger partial charge on any atom is 0.245 e. The fourth-order valence-corrected chi connectivity index (χ4v) is 6.20. The van der Waals surface area contributed by atoms with Gasteiger partial charge in [0.15, 0.2) is 0 Å². The zero-order valence-electron chi connectivity index (χ0n) is 23.9. The molecule has 1 saturated carbocycles. The molecule has 4 rings (SSSR count). The molecule has 1 heterocycles. The summed E-state index contributed by atoms with van der Waals surface area (Å²) in [6.45, 7) is 7.65. The first-order valence-corrected chi connectivity index (χ1v) is 14.9. The minimum atomic E-state index is -0.616. The molecule has 3 unspecified atom stereocenters. The number of piperazine rings is 1. The van der Waals surface area contributed by atoms with Crippen molar-refractivity contribution in [2.75, 3.05) is 19.6 Å². The van der Waals surface area contributed by atoms with Gasteiger partial charge in [0.25, 0.3) is 0 Å². The molecule has 0 radical (unpaired) electrons. The number of carbonyl (C=O) groups excluding carboxylic acids is 3. The van der Waals surface area contributed by atoms with Crippen LogP contribution in [0, 0.1) is 11.8 Å². The molecular weight excluding hydrogens is 486 g/mol. The Labute approximate surface area is 234 Å². The van der Waals surface area contributed by atoms with Crippen LogP contribution in [0.25, 0.3) is 0 Å². The van der Waals surface area contributed by atoms with Crippen molar-refractivity contribution in [1.29, 1.82) is 0 Å². The predicted molar refractivity (Wildman–Crippen MR) is 155 cm³/mol. The molecule has 1 aliphatic heterocycles. The maximum atomic E-state index is 13.9. The average Bonchev–Trinajstić information content (AvgIpc) is 3.49. The van der Waals surface area contributed by atoms with Crippen molar-refractivity contribution >= 4 is 17.7 Å². The van der Waals surface area contributed by atoms with E-state index in [9.17, 15) is 14.4 Å². The van der Waals surface area contributed by atoms with Crippen LogP contribution in [0.1, 0.15) is 82.8 Å². The van der Waals surface area contributed by atoms with Gasteiger partial charge in [0.2, 0.25) is 17.7 Å². The minimum Gasteiger partial charge on any atom is -0.343 e. The van der Waals surface area contributed by atoms with E-state index in [2.05, 4.69) is 5.32 Å². The molecule has 3 atom stereocenters. The second-order valence-corrected chi connectivity index (χ2v) is 11.5. The lowest BCUT2D eigenvalue weighted by atomic mass is 9.89. The first-order chi connectivity index (χ1) is 18.9. The number of amides is 3. The molecule has 2 aromatic rings. The van der Waals surface area contributed by atoms with Crippen molar-refractivity contribution in [2.24, 2.45) is 11.8 Å². The lowest BCUT2D eigenvalue weighted by molar-refractivity contribution is -0.145. The summed E-state index contributed by atoms with van der Waals surface area (Å²) in [4.78, 5) is 44.5. The fraction of sp³-hybridized carbons (Fsp3) is 0.545. The van der Waals surface area contributed by atoms with Crippen molar-refractivity contribution in [2.45, 2.75) is 83.7 Å². The van der Waals surface area contributed by atoms with Crippen LogP contribution in [0.15, 0.2) is 60.7 Å². The standard InChI is InChI=1S/C33H45N3O3/c1-4-24(2)31(34-32(38)30(27-15-7-5-8-16-27)28-17-9-6-10-18-28)33(39)35-21-22-36(25(3)23-35)29(37)20-19-26-13-11-12-14-26/h5-10,15-18,24-26,30-31H,4,11-14,19-23H2,1-3H3,(H,34,38). The van der Waals surface area contributed by atoms with Crippen molar-refractivity contribution in [3.8, 4) is 0 Å². The van der Waals surface area contributed by atoms with Crippen LogP contribution in [0.2, 0.25) is 0 Å². The highest BCUT2D eigenvalue weighted by Gasteiger charge is 2.36. The van der Waals surface area contributed by atoms with Gasteiger partial charge in [-0.2, -0.15) is 0 Å². The van der Waals surface area contributed by atoms with Gasteiger partial charge >= 0.3 is 0 Å². The summed E-state index contributed by atoms with van der Waals surface area (Å²) in [7, 11) is 0. The third-order valence-electron chi connectivity index (χ3n) is 8.81. The lowest BCUT2D eigenvalue weighted by Crippen LogP contribution is -2.60. The van der Waals surface area contributed by atoms with Gasteiger partial charge in [0, 0.05) is 32.1 Å². The number of carbonyl (C=O) groups is 3. The lowest BCUT2D eigenvalue weighted by Gasteiger charge is -2.42. The molecule has 0 bridgehead atoms. The molecule has 1 saturated heterocycles. The zero-order chi connectivity index (χ0) is 27.8. The van der Waals surface area contributed by atoms with E-state index in [1.54, 1.807) is 0 Å². The average molecular weight is 532 g/mol. The fourth-order valence-electron chi connectivity index (χ4n) is 6.20. The minimum absolute atomic E-state index is 0.0185. The van der Waals surface area contributed by atoms with Crippen molar-refractivity contribution in [3.05, 3.63) is 71.8 Å².